The Labute approximate surface area is 91.3 Å². The number of rotatable bonds is 3. The first kappa shape index (κ1) is 11.6. The van der Waals surface area contributed by atoms with Crippen LogP contribution in [0.1, 0.15) is 43.7 Å². The number of halogens is 1. The van der Waals surface area contributed by atoms with E-state index in [9.17, 15) is 0 Å². The van der Waals surface area contributed by atoms with E-state index in [-0.39, 0.29) is 18.4 Å². The van der Waals surface area contributed by atoms with Gasteiger partial charge in [-0.15, -0.1) is 12.4 Å². The second kappa shape index (κ2) is 4.85. The Kier molecular flexibility index (Phi) is 4.02. The fraction of sp³-hybridized carbons (Fsp3) is 0.636. The van der Waals surface area contributed by atoms with Crippen LogP contribution in [0, 0.1) is 5.92 Å². The molecule has 14 heavy (non-hydrogen) atoms. The van der Waals surface area contributed by atoms with Crippen LogP contribution in [0.15, 0.2) is 16.5 Å². The zero-order valence-electron chi connectivity index (χ0n) is 8.53. The molecule has 1 aliphatic rings. The Morgan fingerprint density at radius 3 is 2.64 bits per heavy atom. The lowest BCUT2D eigenvalue weighted by atomic mass is 9.79. The Morgan fingerprint density at radius 1 is 1.50 bits per heavy atom. The summed E-state index contributed by atoms with van der Waals surface area (Å²) in [6.07, 6.45) is 4.82. The van der Waals surface area contributed by atoms with Gasteiger partial charge in [-0.25, -0.2) is 0 Å². The Hall–Kier alpha value is -0.470. The maximum atomic E-state index is 6.07. The molecule has 80 valence electrons. The number of aryl methyl sites for hydroxylation is 1. The minimum Gasteiger partial charge on any atom is -0.464 e. The second-order valence-electron chi connectivity index (χ2n) is 3.87. The first-order chi connectivity index (χ1) is 6.31. The third-order valence-corrected chi connectivity index (χ3v) is 3.02. The molecule has 2 rings (SSSR count). The monoisotopic (exact) mass is 215 g/mol. The van der Waals surface area contributed by atoms with Gasteiger partial charge in [-0.3, -0.25) is 0 Å². The largest absolute Gasteiger partial charge is 0.464 e. The summed E-state index contributed by atoms with van der Waals surface area (Å²) in [6.45, 7) is 2.09. The van der Waals surface area contributed by atoms with Gasteiger partial charge in [0.15, 0.2) is 0 Å². The standard InChI is InChI=1S/C11H17NO.ClH/c1-2-9-6-7-10(13-9)11(12)8-4-3-5-8;/h6-8,11H,2-5,12H2,1H3;1H/t11-;/m0./s1. The molecule has 0 spiro atoms. The molecule has 1 fully saturated rings. The Balaban J connectivity index is 0.000000980. The van der Waals surface area contributed by atoms with Gasteiger partial charge in [0.25, 0.3) is 0 Å². The van der Waals surface area contributed by atoms with E-state index in [2.05, 4.69) is 6.92 Å². The van der Waals surface area contributed by atoms with E-state index in [1.54, 1.807) is 0 Å². The Bertz CT molecular complexity index is 281. The summed E-state index contributed by atoms with van der Waals surface area (Å²) in [5.74, 6) is 2.68. The van der Waals surface area contributed by atoms with Crippen LogP contribution in [0.2, 0.25) is 0 Å². The maximum Gasteiger partial charge on any atom is 0.121 e. The van der Waals surface area contributed by atoms with Gasteiger partial charge in [0.1, 0.15) is 11.5 Å². The highest BCUT2D eigenvalue weighted by molar-refractivity contribution is 5.85. The lowest BCUT2D eigenvalue weighted by molar-refractivity contribution is 0.239. The number of hydrogen-bond donors (Lipinski definition) is 1. The van der Waals surface area contributed by atoms with Crippen LogP contribution in [0.3, 0.4) is 0 Å². The van der Waals surface area contributed by atoms with Crippen molar-refractivity contribution >= 4 is 12.4 Å². The summed E-state index contributed by atoms with van der Waals surface area (Å²) in [4.78, 5) is 0. The van der Waals surface area contributed by atoms with E-state index in [1.165, 1.54) is 19.3 Å². The smallest absolute Gasteiger partial charge is 0.121 e. The third-order valence-electron chi connectivity index (χ3n) is 3.02. The molecule has 1 saturated carbocycles. The summed E-state index contributed by atoms with van der Waals surface area (Å²) in [7, 11) is 0. The molecule has 1 aromatic rings. The van der Waals surface area contributed by atoms with Crippen LogP contribution >= 0.6 is 12.4 Å². The van der Waals surface area contributed by atoms with Crippen LogP contribution in [-0.4, -0.2) is 0 Å². The average Bonchev–Trinajstić information content (AvgIpc) is 2.48. The van der Waals surface area contributed by atoms with Crippen molar-refractivity contribution < 1.29 is 4.42 Å². The molecule has 0 radical (unpaired) electrons. The topological polar surface area (TPSA) is 39.2 Å². The van der Waals surface area contributed by atoms with Crippen molar-refractivity contribution in [2.24, 2.45) is 11.7 Å². The van der Waals surface area contributed by atoms with Gasteiger partial charge in [-0.1, -0.05) is 13.3 Å². The van der Waals surface area contributed by atoms with E-state index in [0.717, 1.165) is 17.9 Å². The lowest BCUT2D eigenvalue weighted by Gasteiger charge is -2.29. The number of nitrogens with two attached hydrogens (primary N) is 1. The second-order valence-corrected chi connectivity index (χ2v) is 3.87. The molecule has 1 aromatic heterocycles. The minimum atomic E-state index is 0. The van der Waals surface area contributed by atoms with Crippen LogP contribution < -0.4 is 5.73 Å². The first-order valence-corrected chi connectivity index (χ1v) is 5.15. The van der Waals surface area contributed by atoms with Gasteiger partial charge in [0.05, 0.1) is 6.04 Å². The molecule has 0 aliphatic heterocycles. The first-order valence-electron chi connectivity index (χ1n) is 5.15. The van der Waals surface area contributed by atoms with E-state index >= 15 is 0 Å². The predicted molar refractivity (Wildman–Crippen MR) is 59.6 cm³/mol. The number of hydrogen-bond acceptors (Lipinski definition) is 2. The number of furan rings is 1. The molecule has 2 N–H and O–H groups in total. The van der Waals surface area contributed by atoms with Crippen molar-refractivity contribution in [1.29, 1.82) is 0 Å². The van der Waals surface area contributed by atoms with E-state index < -0.39 is 0 Å². The maximum absolute atomic E-state index is 6.07. The zero-order valence-corrected chi connectivity index (χ0v) is 9.35. The van der Waals surface area contributed by atoms with Crippen molar-refractivity contribution in [2.75, 3.05) is 0 Å². The summed E-state index contributed by atoms with van der Waals surface area (Å²) < 4.78 is 5.63. The summed E-state index contributed by atoms with van der Waals surface area (Å²) in [5.41, 5.74) is 6.07. The third kappa shape index (κ3) is 2.12. The highest BCUT2D eigenvalue weighted by Crippen LogP contribution is 2.36. The molecule has 2 nitrogen and oxygen atoms in total. The van der Waals surface area contributed by atoms with Crippen molar-refractivity contribution in [1.82, 2.24) is 0 Å². The highest BCUT2D eigenvalue weighted by Gasteiger charge is 2.27. The predicted octanol–water partition coefficient (Wildman–Crippen LogP) is 3.06. The molecule has 1 atom stereocenters. The average molecular weight is 216 g/mol. The van der Waals surface area contributed by atoms with Crippen molar-refractivity contribution in [2.45, 2.75) is 38.6 Å². The SMILES string of the molecule is CCc1ccc([C@@H](N)C2CCC2)o1.Cl. The van der Waals surface area contributed by atoms with Crippen LogP contribution in [0.4, 0.5) is 0 Å². The van der Waals surface area contributed by atoms with Crippen LogP contribution in [0.5, 0.6) is 0 Å². The molecule has 0 amide bonds. The highest BCUT2D eigenvalue weighted by atomic mass is 35.5. The fourth-order valence-electron chi connectivity index (χ4n) is 1.79. The van der Waals surface area contributed by atoms with E-state index in [1.807, 2.05) is 12.1 Å². The van der Waals surface area contributed by atoms with Crippen LogP contribution in [-0.2, 0) is 6.42 Å². The summed E-state index contributed by atoms with van der Waals surface area (Å²) in [5, 5.41) is 0. The van der Waals surface area contributed by atoms with Gasteiger partial charge < -0.3 is 10.2 Å². The van der Waals surface area contributed by atoms with Crippen molar-refractivity contribution in [3.05, 3.63) is 23.7 Å². The molecular weight excluding hydrogens is 198 g/mol. The van der Waals surface area contributed by atoms with Gasteiger partial charge in [0, 0.05) is 6.42 Å². The molecule has 0 saturated heterocycles. The molecule has 0 aromatic carbocycles. The molecule has 1 heterocycles. The fourth-order valence-corrected chi connectivity index (χ4v) is 1.79. The van der Waals surface area contributed by atoms with Crippen molar-refractivity contribution in [3.8, 4) is 0 Å². The summed E-state index contributed by atoms with van der Waals surface area (Å²) >= 11 is 0. The van der Waals surface area contributed by atoms with E-state index in [0.29, 0.717) is 5.92 Å². The molecule has 3 heteroatoms. The van der Waals surface area contributed by atoms with Gasteiger partial charge in [0.2, 0.25) is 0 Å². The van der Waals surface area contributed by atoms with Crippen molar-refractivity contribution in [3.63, 3.8) is 0 Å². The van der Waals surface area contributed by atoms with Gasteiger partial charge >= 0.3 is 0 Å². The molecule has 0 unspecified atom stereocenters. The normalized spacial score (nSPS) is 18.4. The quantitative estimate of drug-likeness (QED) is 0.842. The molecule has 1 aliphatic carbocycles. The Morgan fingerprint density at radius 2 is 2.21 bits per heavy atom. The lowest BCUT2D eigenvalue weighted by Crippen LogP contribution is -2.26. The van der Waals surface area contributed by atoms with E-state index in [4.69, 9.17) is 10.2 Å². The molecular formula is C11H18ClNO. The summed E-state index contributed by atoms with van der Waals surface area (Å²) in [6, 6.07) is 4.20. The minimum absolute atomic E-state index is 0. The van der Waals surface area contributed by atoms with Gasteiger partial charge in [-0.2, -0.15) is 0 Å². The zero-order chi connectivity index (χ0) is 9.26. The molecule has 0 bridgehead atoms. The van der Waals surface area contributed by atoms with Crippen LogP contribution in [0.25, 0.3) is 0 Å². The van der Waals surface area contributed by atoms with Gasteiger partial charge in [-0.05, 0) is 30.9 Å².